The average molecular weight is 549 g/mol. The minimum Gasteiger partial charge on any atom is -0.491 e. The second-order valence-corrected chi connectivity index (χ2v) is 9.76. The lowest BCUT2D eigenvalue weighted by Crippen LogP contribution is -2.45. The standard InChI is InChI=1S/C29H35F3N2O5/c1-4-5-16-37-17-18-38-26-19-25(39-28(2,3)27(35)36)11-8-23(26)21-34-14-12-33(13-15-34)20-22-6-9-24(10-7-22)29(30,31)32/h6-11,19H,12-18,20-21H2,1-3H3,(H,35,36). The first kappa shape index (κ1) is 30.3. The quantitative estimate of drug-likeness (QED) is 0.305. The third-order valence-electron chi connectivity index (χ3n) is 6.31. The van der Waals surface area contributed by atoms with Crippen molar-refractivity contribution in [3.05, 3.63) is 59.2 Å². The summed E-state index contributed by atoms with van der Waals surface area (Å²) in [4.78, 5) is 16.0. The first-order chi connectivity index (χ1) is 18.5. The lowest BCUT2D eigenvalue weighted by atomic mass is 10.1. The zero-order chi connectivity index (χ0) is 28.5. The average Bonchev–Trinajstić information content (AvgIpc) is 2.88. The zero-order valence-corrected chi connectivity index (χ0v) is 22.5. The van der Waals surface area contributed by atoms with Crippen molar-refractivity contribution in [2.24, 2.45) is 0 Å². The molecular formula is C29H35F3N2O5. The van der Waals surface area contributed by atoms with Crippen LogP contribution in [0.1, 0.15) is 37.5 Å². The number of carboxylic acids is 1. The molecular weight excluding hydrogens is 513 g/mol. The van der Waals surface area contributed by atoms with E-state index in [4.69, 9.17) is 14.2 Å². The van der Waals surface area contributed by atoms with Crippen LogP contribution in [0.3, 0.4) is 0 Å². The number of benzene rings is 2. The van der Waals surface area contributed by atoms with E-state index in [1.54, 1.807) is 19.1 Å². The Morgan fingerprint density at radius 2 is 1.62 bits per heavy atom. The molecule has 0 amide bonds. The molecule has 1 fully saturated rings. The van der Waals surface area contributed by atoms with Crippen LogP contribution < -0.4 is 9.47 Å². The minimum absolute atomic E-state index is 0.297. The van der Waals surface area contributed by atoms with Crippen LogP contribution in [0.5, 0.6) is 11.5 Å². The number of rotatable bonds is 12. The Bertz CT molecular complexity index is 1150. The van der Waals surface area contributed by atoms with Gasteiger partial charge in [-0.1, -0.05) is 24.1 Å². The van der Waals surface area contributed by atoms with Gasteiger partial charge in [0.2, 0.25) is 0 Å². The second kappa shape index (κ2) is 13.7. The molecule has 1 aliphatic rings. The van der Waals surface area contributed by atoms with Crippen molar-refractivity contribution in [2.75, 3.05) is 46.0 Å². The van der Waals surface area contributed by atoms with Gasteiger partial charge >= 0.3 is 12.1 Å². The first-order valence-corrected chi connectivity index (χ1v) is 12.7. The maximum Gasteiger partial charge on any atom is 0.416 e. The largest absolute Gasteiger partial charge is 0.491 e. The van der Waals surface area contributed by atoms with Crippen LogP contribution in [-0.2, 0) is 28.8 Å². The number of aliphatic carboxylic acids is 1. The number of carbonyl (C=O) groups is 1. The predicted octanol–water partition coefficient (Wildman–Crippen LogP) is 4.68. The van der Waals surface area contributed by atoms with Gasteiger partial charge in [-0.2, -0.15) is 13.2 Å². The number of hydrogen-bond donors (Lipinski definition) is 1. The number of carboxylic acid groups (broad SMARTS) is 1. The van der Waals surface area contributed by atoms with Gasteiger partial charge in [-0.25, -0.2) is 4.79 Å². The summed E-state index contributed by atoms with van der Waals surface area (Å²) >= 11 is 0. The SMILES string of the molecule is CC#CCOCCOc1cc(OC(C)(C)C(=O)O)ccc1CN1CCN(Cc2ccc(C(F)(F)F)cc2)CC1. The van der Waals surface area contributed by atoms with Crippen LogP contribution in [0.15, 0.2) is 42.5 Å². The highest BCUT2D eigenvalue weighted by Gasteiger charge is 2.31. The fourth-order valence-corrected chi connectivity index (χ4v) is 4.01. The molecule has 1 N–H and O–H groups in total. The Hall–Kier alpha value is -3.26. The molecule has 0 aromatic heterocycles. The van der Waals surface area contributed by atoms with Gasteiger partial charge in [0, 0.05) is 50.9 Å². The summed E-state index contributed by atoms with van der Waals surface area (Å²) in [7, 11) is 0. The van der Waals surface area contributed by atoms with Gasteiger partial charge in [0.05, 0.1) is 12.2 Å². The molecule has 0 radical (unpaired) electrons. The fourth-order valence-electron chi connectivity index (χ4n) is 4.01. The molecule has 0 bridgehead atoms. The second-order valence-electron chi connectivity index (χ2n) is 9.76. The highest BCUT2D eigenvalue weighted by molar-refractivity contribution is 5.76. The monoisotopic (exact) mass is 548 g/mol. The lowest BCUT2D eigenvalue weighted by molar-refractivity contribution is -0.152. The predicted molar refractivity (Wildman–Crippen MR) is 141 cm³/mol. The van der Waals surface area contributed by atoms with Gasteiger partial charge in [-0.15, -0.1) is 5.92 Å². The van der Waals surface area contributed by atoms with Crippen molar-refractivity contribution in [1.29, 1.82) is 0 Å². The molecule has 212 valence electrons. The van der Waals surface area contributed by atoms with Crippen molar-refractivity contribution in [1.82, 2.24) is 9.80 Å². The van der Waals surface area contributed by atoms with Gasteiger partial charge in [0.25, 0.3) is 0 Å². The summed E-state index contributed by atoms with van der Waals surface area (Å²) < 4.78 is 55.6. The number of ether oxygens (including phenoxy) is 3. The Morgan fingerprint density at radius 3 is 2.21 bits per heavy atom. The number of piperazine rings is 1. The van der Waals surface area contributed by atoms with Crippen LogP contribution in [0.25, 0.3) is 0 Å². The third-order valence-corrected chi connectivity index (χ3v) is 6.31. The fraction of sp³-hybridized carbons (Fsp3) is 0.483. The minimum atomic E-state index is -4.33. The summed E-state index contributed by atoms with van der Waals surface area (Å²) in [6, 6.07) is 10.6. The topological polar surface area (TPSA) is 71.5 Å². The van der Waals surface area contributed by atoms with E-state index in [0.29, 0.717) is 44.4 Å². The molecule has 2 aromatic rings. The van der Waals surface area contributed by atoms with E-state index in [0.717, 1.165) is 49.4 Å². The van der Waals surface area contributed by atoms with Gasteiger partial charge in [0.15, 0.2) is 5.60 Å². The Morgan fingerprint density at radius 1 is 0.974 bits per heavy atom. The summed E-state index contributed by atoms with van der Waals surface area (Å²) in [5.41, 5.74) is -0.262. The highest BCUT2D eigenvalue weighted by Crippen LogP contribution is 2.30. The van der Waals surface area contributed by atoms with E-state index in [-0.39, 0.29) is 0 Å². The molecule has 0 saturated carbocycles. The molecule has 1 saturated heterocycles. The summed E-state index contributed by atoms with van der Waals surface area (Å²) in [6.45, 7) is 9.99. The van der Waals surface area contributed by atoms with Gasteiger partial charge in [0.1, 0.15) is 24.7 Å². The third kappa shape index (κ3) is 9.46. The van der Waals surface area contributed by atoms with Crippen LogP contribution >= 0.6 is 0 Å². The Labute approximate surface area is 227 Å². The van der Waals surface area contributed by atoms with Gasteiger partial charge in [-0.05, 0) is 44.5 Å². The molecule has 2 aromatic carbocycles. The lowest BCUT2D eigenvalue weighted by Gasteiger charge is -2.35. The van der Waals surface area contributed by atoms with Crippen molar-refractivity contribution in [2.45, 2.75) is 45.6 Å². The summed E-state index contributed by atoms with van der Waals surface area (Å²) in [6.07, 6.45) is -4.33. The normalized spacial score (nSPS) is 14.9. The number of hydrogen-bond acceptors (Lipinski definition) is 6. The van der Waals surface area contributed by atoms with Crippen LogP contribution in [0, 0.1) is 11.8 Å². The molecule has 0 atom stereocenters. The molecule has 0 unspecified atom stereocenters. The van der Waals surface area contributed by atoms with E-state index in [2.05, 4.69) is 21.6 Å². The van der Waals surface area contributed by atoms with E-state index < -0.39 is 23.3 Å². The molecule has 1 heterocycles. The molecule has 39 heavy (non-hydrogen) atoms. The van der Waals surface area contributed by atoms with E-state index in [1.165, 1.54) is 26.0 Å². The van der Waals surface area contributed by atoms with E-state index >= 15 is 0 Å². The summed E-state index contributed by atoms with van der Waals surface area (Å²) in [5, 5.41) is 9.41. The maximum atomic E-state index is 12.8. The molecule has 3 rings (SSSR count). The molecule has 10 heteroatoms. The Kier molecular flexibility index (Phi) is 10.6. The molecule has 1 aliphatic heterocycles. The Balaban J connectivity index is 1.60. The number of nitrogens with zero attached hydrogens (tertiary/aromatic N) is 2. The molecule has 0 spiro atoms. The van der Waals surface area contributed by atoms with Crippen molar-refractivity contribution >= 4 is 5.97 Å². The van der Waals surface area contributed by atoms with Gasteiger partial charge < -0.3 is 19.3 Å². The van der Waals surface area contributed by atoms with Gasteiger partial charge in [-0.3, -0.25) is 9.80 Å². The van der Waals surface area contributed by atoms with Crippen molar-refractivity contribution < 1.29 is 37.3 Å². The first-order valence-electron chi connectivity index (χ1n) is 12.7. The highest BCUT2D eigenvalue weighted by atomic mass is 19.4. The number of alkyl halides is 3. The van der Waals surface area contributed by atoms with E-state index in [9.17, 15) is 23.1 Å². The van der Waals surface area contributed by atoms with Crippen molar-refractivity contribution in [3.63, 3.8) is 0 Å². The smallest absolute Gasteiger partial charge is 0.416 e. The molecule has 7 nitrogen and oxygen atoms in total. The number of halogens is 3. The van der Waals surface area contributed by atoms with Crippen LogP contribution in [0.4, 0.5) is 13.2 Å². The van der Waals surface area contributed by atoms with Crippen molar-refractivity contribution in [3.8, 4) is 23.3 Å². The summed E-state index contributed by atoms with van der Waals surface area (Å²) in [5.74, 6) is 5.49. The van der Waals surface area contributed by atoms with E-state index in [1.807, 2.05) is 6.07 Å². The maximum absolute atomic E-state index is 12.8. The van der Waals surface area contributed by atoms with Crippen LogP contribution in [0.2, 0.25) is 0 Å². The van der Waals surface area contributed by atoms with Crippen LogP contribution in [-0.4, -0.2) is 72.5 Å². The zero-order valence-electron chi connectivity index (χ0n) is 22.5. The molecule has 0 aliphatic carbocycles.